The maximum atomic E-state index is 10.0. The van der Waals surface area contributed by atoms with Crippen LogP contribution in [0.2, 0.25) is 0 Å². The summed E-state index contributed by atoms with van der Waals surface area (Å²) >= 11 is 0. The van der Waals surface area contributed by atoms with Gasteiger partial charge in [-0.25, -0.2) is 0 Å². The second-order valence-electron chi connectivity index (χ2n) is 2.06. The van der Waals surface area contributed by atoms with Crippen LogP contribution < -0.4 is 5.32 Å². The molecule has 0 bridgehead atoms. The van der Waals surface area contributed by atoms with Gasteiger partial charge >= 0.3 is 0 Å². The minimum atomic E-state index is -0.0185. The Hall–Kier alpha value is -1.71. The number of hydrogen-bond acceptors (Lipinski definition) is 3. The van der Waals surface area contributed by atoms with Crippen LogP contribution in [0.25, 0.3) is 0 Å². The van der Waals surface area contributed by atoms with Gasteiger partial charge in [0.1, 0.15) is 6.54 Å². The second-order valence-corrected chi connectivity index (χ2v) is 2.06. The molecule has 0 atom stereocenters. The lowest BCUT2D eigenvalue weighted by Gasteiger charge is -1.76. The Kier molecular flexibility index (Phi) is 3.50. The van der Waals surface area contributed by atoms with Crippen molar-refractivity contribution in [2.45, 2.75) is 0 Å². The Labute approximate surface area is 70.4 Å². The van der Waals surface area contributed by atoms with Crippen LogP contribution in [0.3, 0.4) is 0 Å². The molecule has 1 amide bonds. The van der Waals surface area contributed by atoms with Gasteiger partial charge in [0, 0.05) is 12.4 Å². The van der Waals surface area contributed by atoms with Gasteiger partial charge in [0.15, 0.2) is 0 Å². The predicted octanol–water partition coefficient (Wildman–Crippen LogP) is 0.226. The van der Waals surface area contributed by atoms with Crippen LogP contribution in [-0.2, 0) is 4.79 Å². The maximum absolute atomic E-state index is 10.0. The van der Waals surface area contributed by atoms with E-state index in [1.54, 1.807) is 12.4 Å². The normalized spacial score (nSPS) is 13.2. The van der Waals surface area contributed by atoms with Crippen molar-refractivity contribution < 1.29 is 4.79 Å². The molecule has 12 heavy (non-hydrogen) atoms. The van der Waals surface area contributed by atoms with E-state index in [9.17, 15) is 4.79 Å². The molecule has 2 heterocycles. The monoisotopic (exact) mass is 163 g/mol. The zero-order valence-electron chi connectivity index (χ0n) is 6.47. The van der Waals surface area contributed by atoms with Crippen molar-refractivity contribution in [3.8, 4) is 0 Å². The molecule has 0 aromatic carbocycles. The lowest BCUT2D eigenvalue weighted by molar-refractivity contribution is -0.117. The van der Waals surface area contributed by atoms with Gasteiger partial charge in [-0.15, -0.1) is 0 Å². The molecule has 0 saturated heterocycles. The number of nitrogens with zero attached hydrogens (tertiary/aromatic N) is 2. The number of carbonyl (C=O) groups is 1. The van der Waals surface area contributed by atoms with Gasteiger partial charge in [-0.1, -0.05) is 6.07 Å². The van der Waals surface area contributed by atoms with Gasteiger partial charge in [-0.2, -0.15) is 0 Å². The molecule has 0 unspecified atom stereocenters. The fraction of sp³-hybridized carbons (Fsp3) is 0.125. The van der Waals surface area contributed by atoms with E-state index >= 15 is 0 Å². The first-order valence-corrected chi connectivity index (χ1v) is 3.52. The average molecular weight is 163 g/mol. The van der Waals surface area contributed by atoms with E-state index in [4.69, 9.17) is 0 Å². The number of rotatable bonds is 0. The fourth-order valence-corrected chi connectivity index (χ4v) is 0.604. The van der Waals surface area contributed by atoms with Crippen LogP contribution in [0.4, 0.5) is 0 Å². The van der Waals surface area contributed by atoms with Gasteiger partial charge in [0.05, 0.1) is 6.34 Å². The highest BCUT2D eigenvalue weighted by molar-refractivity contribution is 5.93. The lowest BCUT2D eigenvalue weighted by Crippen LogP contribution is -2.15. The van der Waals surface area contributed by atoms with E-state index in [-0.39, 0.29) is 5.91 Å². The molecule has 0 fully saturated rings. The molecular formula is C8H9N3O. The molecule has 0 aliphatic carbocycles. The average Bonchev–Trinajstić information content (AvgIpc) is 2.60. The molecule has 0 spiro atoms. The third kappa shape index (κ3) is 3.46. The molecule has 4 nitrogen and oxygen atoms in total. The third-order valence-corrected chi connectivity index (χ3v) is 1.12. The first kappa shape index (κ1) is 8.39. The van der Waals surface area contributed by atoms with Gasteiger partial charge in [0.2, 0.25) is 5.91 Å². The fourth-order valence-electron chi connectivity index (χ4n) is 0.604. The van der Waals surface area contributed by atoms with Gasteiger partial charge in [0.25, 0.3) is 0 Å². The van der Waals surface area contributed by atoms with Crippen molar-refractivity contribution in [1.29, 1.82) is 0 Å². The number of amides is 1. The third-order valence-electron chi connectivity index (χ3n) is 1.12. The van der Waals surface area contributed by atoms with Gasteiger partial charge in [-0.05, 0) is 12.1 Å². The number of carbonyl (C=O) groups excluding carboxylic acids is 1. The van der Waals surface area contributed by atoms with Crippen LogP contribution in [0, 0.1) is 0 Å². The molecule has 0 radical (unpaired) electrons. The molecule has 1 aliphatic heterocycles. The summed E-state index contributed by atoms with van der Waals surface area (Å²) in [6, 6.07) is 5.72. The molecule has 1 aromatic heterocycles. The summed E-state index contributed by atoms with van der Waals surface area (Å²) < 4.78 is 0. The summed E-state index contributed by atoms with van der Waals surface area (Å²) in [6.45, 7) is 0.306. The quantitative estimate of drug-likeness (QED) is 0.595. The van der Waals surface area contributed by atoms with Crippen LogP contribution in [0.15, 0.2) is 35.6 Å². The van der Waals surface area contributed by atoms with E-state index in [1.807, 2.05) is 18.2 Å². The highest BCUT2D eigenvalue weighted by Gasteiger charge is 1.98. The van der Waals surface area contributed by atoms with Crippen LogP contribution in [0.5, 0.6) is 0 Å². The molecule has 1 aromatic rings. The summed E-state index contributed by atoms with van der Waals surface area (Å²) in [4.78, 5) is 17.4. The molecule has 62 valence electrons. The molecule has 2 rings (SSSR count). The SMILES string of the molecule is O=C1CN=CN1.c1ccncc1. The zero-order valence-corrected chi connectivity index (χ0v) is 6.47. The Morgan fingerprint density at radius 1 is 1.25 bits per heavy atom. The number of nitrogens with one attached hydrogen (secondary N) is 1. The Bertz CT molecular complexity index is 222. The number of hydrogen-bond donors (Lipinski definition) is 1. The Morgan fingerprint density at radius 3 is 2.17 bits per heavy atom. The number of aliphatic imine (C=N–C) groups is 1. The number of pyridine rings is 1. The smallest absolute Gasteiger partial charge is 0.246 e. The molecule has 1 N–H and O–H groups in total. The molecule has 4 heteroatoms. The van der Waals surface area contributed by atoms with E-state index in [2.05, 4.69) is 15.3 Å². The van der Waals surface area contributed by atoms with E-state index < -0.39 is 0 Å². The molecular weight excluding hydrogens is 154 g/mol. The summed E-state index contributed by atoms with van der Waals surface area (Å²) in [5.74, 6) is -0.0185. The van der Waals surface area contributed by atoms with Crippen LogP contribution >= 0.6 is 0 Å². The minimum absolute atomic E-state index is 0.0185. The van der Waals surface area contributed by atoms with Crippen molar-refractivity contribution in [1.82, 2.24) is 10.3 Å². The molecule has 0 saturated carbocycles. The summed E-state index contributed by atoms with van der Waals surface area (Å²) in [5, 5.41) is 2.39. The maximum Gasteiger partial charge on any atom is 0.246 e. The largest absolute Gasteiger partial charge is 0.316 e. The van der Waals surface area contributed by atoms with Crippen LogP contribution in [-0.4, -0.2) is 23.8 Å². The van der Waals surface area contributed by atoms with E-state index in [0.717, 1.165) is 0 Å². The summed E-state index contributed by atoms with van der Waals surface area (Å²) in [7, 11) is 0. The predicted molar refractivity (Wildman–Crippen MR) is 45.7 cm³/mol. The van der Waals surface area contributed by atoms with E-state index in [1.165, 1.54) is 6.34 Å². The first-order valence-electron chi connectivity index (χ1n) is 3.52. The number of aromatic nitrogens is 1. The van der Waals surface area contributed by atoms with E-state index in [0.29, 0.717) is 6.54 Å². The lowest BCUT2D eigenvalue weighted by atomic mass is 10.5. The van der Waals surface area contributed by atoms with Crippen molar-refractivity contribution >= 4 is 12.2 Å². The molecule has 1 aliphatic rings. The summed E-state index contributed by atoms with van der Waals surface area (Å²) in [6.07, 6.45) is 4.91. The highest BCUT2D eigenvalue weighted by Crippen LogP contribution is 1.74. The standard InChI is InChI=1S/C5H5N.C3H4N2O/c1-2-4-6-5-3-1;6-3-1-4-2-5-3/h1-5H;2H,1H2,(H,4,5,6). The second kappa shape index (κ2) is 5.01. The Balaban J connectivity index is 0.000000120. The van der Waals surface area contributed by atoms with Crippen molar-refractivity contribution in [3.63, 3.8) is 0 Å². The van der Waals surface area contributed by atoms with Crippen LogP contribution in [0.1, 0.15) is 0 Å². The topological polar surface area (TPSA) is 54.4 Å². The van der Waals surface area contributed by atoms with Gasteiger partial charge in [-0.3, -0.25) is 14.8 Å². The first-order chi connectivity index (χ1) is 5.89. The summed E-state index contributed by atoms with van der Waals surface area (Å²) in [5.41, 5.74) is 0. The Morgan fingerprint density at radius 2 is 2.00 bits per heavy atom. The highest BCUT2D eigenvalue weighted by atomic mass is 16.2. The van der Waals surface area contributed by atoms with Crippen molar-refractivity contribution in [2.24, 2.45) is 4.99 Å². The zero-order chi connectivity index (χ0) is 8.65. The minimum Gasteiger partial charge on any atom is -0.316 e. The van der Waals surface area contributed by atoms with Gasteiger partial charge < -0.3 is 5.32 Å². The van der Waals surface area contributed by atoms with Crippen molar-refractivity contribution in [2.75, 3.05) is 6.54 Å². The van der Waals surface area contributed by atoms with Crippen molar-refractivity contribution in [3.05, 3.63) is 30.6 Å².